The zero-order valence-electron chi connectivity index (χ0n) is 21.0. The summed E-state index contributed by atoms with van der Waals surface area (Å²) in [6, 6.07) is 10.3. The van der Waals surface area contributed by atoms with Gasteiger partial charge in [0, 0.05) is 29.2 Å². The molecule has 0 bridgehead atoms. The molecule has 37 heavy (non-hydrogen) atoms. The Morgan fingerprint density at radius 3 is 2.46 bits per heavy atom. The Bertz CT molecular complexity index is 1280. The highest BCUT2D eigenvalue weighted by Gasteiger charge is 2.32. The van der Waals surface area contributed by atoms with Gasteiger partial charge in [0.15, 0.2) is 0 Å². The first-order valence-electron chi connectivity index (χ1n) is 11.9. The predicted molar refractivity (Wildman–Crippen MR) is 145 cm³/mol. The van der Waals surface area contributed by atoms with E-state index in [0.717, 1.165) is 52.3 Å². The van der Waals surface area contributed by atoms with Gasteiger partial charge in [-0.05, 0) is 49.9 Å². The summed E-state index contributed by atoms with van der Waals surface area (Å²) in [6.45, 7) is 2.68. The minimum absolute atomic E-state index is 0.0375. The van der Waals surface area contributed by atoms with E-state index in [4.69, 9.17) is 0 Å². The number of sulfonamides is 1. The van der Waals surface area contributed by atoms with Crippen LogP contribution in [0.4, 0.5) is 11.4 Å². The molecule has 1 aliphatic carbocycles. The predicted octanol–water partition coefficient (Wildman–Crippen LogP) is 3.91. The lowest BCUT2D eigenvalue weighted by Crippen LogP contribution is -2.52. The monoisotopic (exact) mass is 594 g/mol. The van der Waals surface area contributed by atoms with E-state index in [1.807, 2.05) is 18.2 Å². The van der Waals surface area contributed by atoms with Gasteiger partial charge in [0.05, 0.1) is 16.9 Å². The second kappa shape index (κ2) is 12.0. The summed E-state index contributed by atoms with van der Waals surface area (Å²) < 4.78 is 27.2. The maximum absolute atomic E-state index is 13.7. The smallest absolute Gasteiger partial charge is 0.271 e. The van der Waals surface area contributed by atoms with Crippen molar-refractivity contribution >= 4 is 49.1 Å². The highest BCUT2D eigenvalue weighted by Crippen LogP contribution is 2.28. The van der Waals surface area contributed by atoms with Crippen molar-refractivity contribution in [3.63, 3.8) is 0 Å². The Balaban J connectivity index is 1.94. The minimum atomic E-state index is -4.00. The Morgan fingerprint density at radius 2 is 1.86 bits per heavy atom. The van der Waals surface area contributed by atoms with Gasteiger partial charge in [0.2, 0.25) is 21.8 Å². The van der Waals surface area contributed by atoms with Crippen LogP contribution in [0, 0.1) is 17.0 Å². The highest BCUT2D eigenvalue weighted by atomic mass is 79.9. The van der Waals surface area contributed by atoms with Crippen molar-refractivity contribution in [3.05, 3.63) is 68.2 Å². The van der Waals surface area contributed by atoms with Crippen LogP contribution >= 0.6 is 15.9 Å². The van der Waals surface area contributed by atoms with Gasteiger partial charge in [-0.15, -0.1) is 0 Å². The summed E-state index contributed by atoms with van der Waals surface area (Å²) in [5, 5.41) is 14.3. The quantitative estimate of drug-likeness (QED) is 0.328. The number of amides is 2. The molecule has 1 saturated carbocycles. The van der Waals surface area contributed by atoms with Crippen LogP contribution in [0.3, 0.4) is 0 Å². The fourth-order valence-corrected chi connectivity index (χ4v) is 5.73. The zero-order chi connectivity index (χ0) is 27.3. The molecule has 0 heterocycles. The summed E-state index contributed by atoms with van der Waals surface area (Å²) in [7, 11) is -4.00. The van der Waals surface area contributed by atoms with E-state index in [-0.39, 0.29) is 29.9 Å². The molecule has 12 heteroatoms. The Kier molecular flexibility index (Phi) is 9.30. The molecule has 0 aliphatic heterocycles. The normalized spacial score (nSPS) is 14.7. The molecule has 200 valence electrons. The number of nitro groups is 1. The van der Waals surface area contributed by atoms with Crippen molar-refractivity contribution in [1.29, 1.82) is 0 Å². The maximum Gasteiger partial charge on any atom is 0.271 e. The average molecular weight is 596 g/mol. The lowest BCUT2D eigenvalue weighted by molar-refractivity contribution is -0.384. The van der Waals surface area contributed by atoms with Crippen molar-refractivity contribution in [2.75, 3.05) is 17.1 Å². The van der Waals surface area contributed by atoms with Crippen LogP contribution in [0.1, 0.15) is 43.7 Å². The van der Waals surface area contributed by atoms with Gasteiger partial charge >= 0.3 is 0 Å². The largest absolute Gasteiger partial charge is 0.352 e. The molecule has 3 rings (SSSR count). The number of nitrogens with one attached hydrogen (secondary N) is 1. The van der Waals surface area contributed by atoms with Crippen LogP contribution in [0.15, 0.2) is 46.9 Å². The molecular weight excluding hydrogens is 564 g/mol. The van der Waals surface area contributed by atoms with Crippen molar-refractivity contribution in [2.24, 2.45) is 0 Å². The number of carbonyl (C=O) groups excluding carboxylic acids is 2. The van der Waals surface area contributed by atoms with E-state index in [1.54, 1.807) is 19.9 Å². The number of benzene rings is 2. The first kappa shape index (κ1) is 28.6. The molecule has 2 amide bonds. The molecule has 2 aromatic carbocycles. The molecule has 0 radical (unpaired) electrons. The van der Waals surface area contributed by atoms with Crippen LogP contribution in [-0.2, 0) is 26.2 Å². The molecule has 0 aromatic heterocycles. The van der Waals surface area contributed by atoms with E-state index < -0.39 is 33.4 Å². The van der Waals surface area contributed by atoms with Gasteiger partial charge < -0.3 is 10.2 Å². The van der Waals surface area contributed by atoms with Gasteiger partial charge in [-0.2, -0.15) is 0 Å². The van der Waals surface area contributed by atoms with E-state index >= 15 is 0 Å². The average Bonchev–Trinajstić information content (AvgIpc) is 3.33. The van der Waals surface area contributed by atoms with Crippen LogP contribution in [0.25, 0.3) is 0 Å². The maximum atomic E-state index is 13.7. The number of nitrogens with zero attached hydrogens (tertiary/aromatic N) is 3. The summed E-state index contributed by atoms with van der Waals surface area (Å²) in [5.74, 6) is -0.918. The molecule has 10 nitrogen and oxygen atoms in total. The fourth-order valence-electron chi connectivity index (χ4n) is 4.38. The number of non-ortho nitro benzene ring substituents is 1. The number of halogens is 1. The molecule has 1 atom stereocenters. The number of aryl methyl sites for hydroxylation is 1. The van der Waals surface area contributed by atoms with Crippen LogP contribution in [0.5, 0.6) is 0 Å². The lowest BCUT2D eigenvalue weighted by atomic mass is 10.1. The first-order chi connectivity index (χ1) is 17.4. The van der Waals surface area contributed by atoms with E-state index in [1.165, 1.54) is 17.0 Å². The Morgan fingerprint density at radius 1 is 1.19 bits per heavy atom. The molecule has 1 N–H and O–H groups in total. The first-order valence-corrected chi connectivity index (χ1v) is 14.6. The second-order valence-corrected chi connectivity index (χ2v) is 12.1. The fraction of sp³-hybridized carbons (Fsp3) is 0.440. The Labute approximate surface area is 225 Å². The number of hydrogen-bond donors (Lipinski definition) is 1. The number of anilines is 1. The second-order valence-electron chi connectivity index (χ2n) is 9.32. The minimum Gasteiger partial charge on any atom is -0.352 e. The van der Waals surface area contributed by atoms with Crippen molar-refractivity contribution in [2.45, 2.75) is 58.2 Å². The summed E-state index contributed by atoms with van der Waals surface area (Å²) >= 11 is 3.41. The SMILES string of the molecule is Cc1ccc([N+](=O)[O-])cc1N(CC(=O)N(Cc1cccc(Br)c1)C(C)C(=O)NC1CCCC1)S(C)(=O)=O. The number of nitro benzene ring substituents is 1. The zero-order valence-corrected chi connectivity index (χ0v) is 23.4. The van der Waals surface area contributed by atoms with Crippen LogP contribution in [0.2, 0.25) is 0 Å². The third-order valence-electron chi connectivity index (χ3n) is 6.46. The van der Waals surface area contributed by atoms with Gasteiger partial charge in [-0.25, -0.2) is 8.42 Å². The number of rotatable bonds is 10. The van der Waals surface area contributed by atoms with E-state index in [9.17, 15) is 28.1 Å². The van der Waals surface area contributed by atoms with Crippen molar-refractivity contribution in [3.8, 4) is 0 Å². The standard InChI is InChI=1S/C25H31BrN4O6S/c1-17-11-12-22(30(33)34)14-23(17)29(37(3,35)36)16-24(31)28(15-19-7-6-8-20(26)13-19)18(2)25(32)27-21-9-4-5-10-21/h6-8,11-14,18,21H,4-5,9-10,15-16H2,1-3H3,(H,27,32). The number of carbonyl (C=O) groups is 2. The number of hydrogen-bond acceptors (Lipinski definition) is 6. The van der Waals surface area contributed by atoms with Crippen LogP contribution in [-0.4, -0.2) is 54.9 Å². The van der Waals surface area contributed by atoms with Gasteiger partial charge in [-0.1, -0.05) is 47.0 Å². The summed E-state index contributed by atoms with van der Waals surface area (Å²) in [5.41, 5.74) is 0.947. The molecule has 1 aliphatic rings. The van der Waals surface area contributed by atoms with Crippen LogP contribution < -0.4 is 9.62 Å². The van der Waals surface area contributed by atoms with E-state index in [2.05, 4.69) is 21.2 Å². The third kappa shape index (κ3) is 7.51. The highest BCUT2D eigenvalue weighted by molar-refractivity contribution is 9.10. The molecule has 0 spiro atoms. The lowest BCUT2D eigenvalue weighted by Gasteiger charge is -2.32. The van der Waals surface area contributed by atoms with Gasteiger partial charge in [0.25, 0.3) is 5.69 Å². The van der Waals surface area contributed by atoms with Crippen molar-refractivity contribution in [1.82, 2.24) is 10.2 Å². The van der Waals surface area contributed by atoms with Gasteiger partial charge in [-0.3, -0.25) is 24.0 Å². The Hall–Kier alpha value is -2.99. The molecule has 1 unspecified atom stereocenters. The van der Waals surface area contributed by atoms with Crippen molar-refractivity contribution < 1.29 is 22.9 Å². The molecule has 2 aromatic rings. The molecule has 0 saturated heterocycles. The third-order valence-corrected chi connectivity index (χ3v) is 8.08. The van der Waals surface area contributed by atoms with E-state index in [0.29, 0.717) is 5.56 Å². The molecular formula is C25H31BrN4O6S. The van der Waals surface area contributed by atoms with Gasteiger partial charge in [0.1, 0.15) is 12.6 Å². The summed E-state index contributed by atoms with van der Waals surface area (Å²) in [6.07, 6.45) is 4.77. The summed E-state index contributed by atoms with van der Waals surface area (Å²) in [4.78, 5) is 38.8. The molecule has 1 fully saturated rings. The topological polar surface area (TPSA) is 130 Å².